The predicted molar refractivity (Wildman–Crippen MR) is 216 cm³/mol. The van der Waals surface area contributed by atoms with Gasteiger partial charge in [0.15, 0.2) is 24.0 Å². The second kappa shape index (κ2) is 23.4. The Balaban J connectivity index is 0.000000244. The highest BCUT2D eigenvalue weighted by atomic mass is 16.7. The molecule has 0 aliphatic carbocycles. The Kier molecular flexibility index (Phi) is 18.4. The van der Waals surface area contributed by atoms with Gasteiger partial charge in [0.25, 0.3) is 0 Å². The molecule has 2 atom stereocenters. The minimum atomic E-state index is -1.04. The molecule has 12 nitrogen and oxygen atoms in total. The highest BCUT2D eigenvalue weighted by Crippen LogP contribution is 2.27. The number of nitrogens with zero attached hydrogens (tertiary/aromatic N) is 2. The molecule has 0 aromatic heterocycles. The summed E-state index contributed by atoms with van der Waals surface area (Å²) in [6.07, 6.45) is 5.69. The zero-order valence-corrected chi connectivity index (χ0v) is 31.5. The molecule has 0 saturated carbocycles. The van der Waals surface area contributed by atoms with Gasteiger partial charge >= 0.3 is 14.2 Å². The highest BCUT2D eigenvalue weighted by molar-refractivity contribution is 6.61. The summed E-state index contributed by atoms with van der Waals surface area (Å²) in [5, 5.41) is 10.1. The first-order chi connectivity index (χ1) is 26.9. The van der Waals surface area contributed by atoms with E-state index in [1.54, 1.807) is 74.9 Å². The van der Waals surface area contributed by atoms with Gasteiger partial charge in [0, 0.05) is 34.5 Å². The molecular formula is C42H50B2N2O10. The van der Waals surface area contributed by atoms with Crippen LogP contribution in [-0.2, 0) is 46.1 Å². The quantitative estimate of drug-likeness (QED) is 0.0942. The van der Waals surface area contributed by atoms with E-state index in [4.69, 9.17) is 55.5 Å². The molecule has 6 rings (SSSR count). The lowest BCUT2D eigenvalue weighted by Crippen LogP contribution is -2.38. The maximum atomic E-state index is 10.1. The van der Waals surface area contributed by atoms with Gasteiger partial charge in [-0.1, -0.05) is 43.8 Å². The van der Waals surface area contributed by atoms with Crippen LogP contribution in [0.4, 0.5) is 11.4 Å². The van der Waals surface area contributed by atoms with Gasteiger partial charge in [-0.15, -0.1) is 0 Å². The van der Waals surface area contributed by atoms with Crippen molar-refractivity contribution in [3.8, 4) is 23.0 Å². The summed E-state index contributed by atoms with van der Waals surface area (Å²) in [6, 6.07) is 25.0. The van der Waals surface area contributed by atoms with Crippen molar-refractivity contribution in [2.75, 3.05) is 34.5 Å². The first kappa shape index (κ1) is 44.0. The Hall–Kier alpha value is -4.73. The molecular weight excluding hydrogens is 714 g/mol. The number of rotatable bonds is 15. The van der Waals surface area contributed by atoms with Gasteiger partial charge in [-0.25, -0.2) is 9.69 Å². The Morgan fingerprint density at radius 1 is 0.607 bits per heavy atom. The average molecular weight is 764 g/mol. The van der Waals surface area contributed by atoms with Crippen molar-refractivity contribution in [2.24, 2.45) is 0 Å². The molecule has 2 unspecified atom stereocenters. The third-order valence-electron chi connectivity index (χ3n) is 8.93. The predicted octanol–water partition coefficient (Wildman–Crippen LogP) is 8.10. The molecule has 2 aliphatic heterocycles. The Bertz CT molecular complexity index is 1850. The van der Waals surface area contributed by atoms with E-state index >= 15 is 0 Å². The van der Waals surface area contributed by atoms with Crippen molar-refractivity contribution in [1.82, 2.24) is 0 Å². The van der Waals surface area contributed by atoms with Crippen LogP contribution < -0.4 is 20.4 Å². The van der Waals surface area contributed by atoms with Crippen LogP contribution in [0.25, 0.3) is 9.69 Å². The lowest BCUT2D eigenvalue weighted by atomic mass is 9.76. The summed E-state index contributed by atoms with van der Waals surface area (Å²) in [5.41, 5.74) is 4.34. The van der Waals surface area contributed by atoms with Crippen molar-refractivity contribution >= 4 is 36.5 Å². The monoisotopic (exact) mass is 764 g/mol. The zero-order chi connectivity index (χ0) is 38.8. The highest BCUT2D eigenvalue weighted by Gasteiger charge is 2.24. The van der Waals surface area contributed by atoms with E-state index in [2.05, 4.69) is 9.69 Å². The van der Waals surface area contributed by atoms with Crippen LogP contribution in [0.3, 0.4) is 0 Å². The SMILES string of the molecule is C.[C-]#[N+]c1ccc(Oc2ccc(B(O)OC)c(COC3CCCCO3)c2)cc1.[C-]#[N+]c1ccc(Oc2ccc(B(OC)OC)c(COC3CCCCO3)c2)cc1. The normalized spacial score (nSPS) is 16.2. The third kappa shape index (κ3) is 13.2. The smallest absolute Gasteiger partial charge is 0.457 e. The number of benzene rings is 4. The topological polar surface area (TPSA) is 112 Å². The van der Waals surface area contributed by atoms with E-state index in [9.17, 15) is 5.02 Å². The summed E-state index contributed by atoms with van der Waals surface area (Å²) in [7, 11) is 3.13. The van der Waals surface area contributed by atoms with Gasteiger partial charge < -0.3 is 47.4 Å². The molecule has 1 N–H and O–H groups in total. The fraction of sp³-hybridized carbons (Fsp3) is 0.381. The minimum absolute atomic E-state index is 0. The molecule has 0 amide bonds. The molecule has 4 aromatic carbocycles. The van der Waals surface area contributed by atoms with Gasteiger partial charge in [-0.2, -0.15) is 0 Å². The number of hydrogen-bond donors (Lipinski definition) is 1. The molecule has 2 aliphatic rings. The van der Waals surface area contributed by atoms with E-state index in [0.717, 1.165) is 61.7 Å². The van der Waals surface area contributed by atoms with Crippen LogP contribution in [-0.4, -0.2) is 66.4 Å². The minimum Gasteiger partial charge on any atom is -0.457 e. The summed E-state index contributed by atoms with van der Waals surface area (Å²) < 4.78 is 50.8. The van der Waals surface area contributed by atoms with Crippen LogP contribution in [0.2, 0.25) is 0 Å². The molecule has 0 bridgehead atoms. The van der Waals surface area contributed by atoms with Gasteiger partial charge in [0.05, 0.1) is 26.4 Å². The molecule has 0 spiro atoms. The lowest BCUT2D eigenvalue weighted by molar-refractivity contribution is -0.169. The maximum Gasteiger partial charge on any atom is 0.493 e. The fourth-order valence-corrected chi connectivity index (χ4v) is 5.99. The van der Waals surface area contributed by atoms with E-state index in [-0.39, 0.29) is 26.6 Å². The van der Waals surface area contributed by atoms with Crippen molar-refractivity contribution in [2.45, 2.75) is 71.7 Å². The van der Waals surface area contributed by atoms with Crippen LogP contribution in [0, 0.1) is 13.1 Å². The summed E-state index contributed by atoms with van der Waals surface area (Å²) >= 11 is 0. The van der Waals surface area contributed by atoms with Gasteiger partial charge in [-0.3, -0.25) is 0 Å². The second-order valence-electron chi connectivity index (χ2n) is 12.7. The molecule has 14 heteroatoms. The molecule has 2 fully saturated rings. The van der Waals surface area contributed by atoms with Crippen molar-refractivity contribution in [3.05, 3.63) is 119 Å². The zero-order valence-electron chi connectivity index (χ0n) is 31.5. The van der Waals surface area contributed by atoms with Gasteiger partial charge in [-0.05, 0) is 109 Å². The van der Waals surface area contributed by atoms with Crippen molar-refractivity contribution in [1.29, 1.82) is 0 Å². The van der Waals surface area contributed by atoms with Crippen LogP contribution in [0.1, 0.15) is 57.1 Å². The maximum absolute atomic E-state index is 10.1. The van der Waals surface area contributed by atoms with E-state index in [1.807, 2.05) is 24.3 Å². The van der Waals surface area contributed by atoms with Crippen molar-refractivity contribution in [3.63, 3.8) is 0 Å². The third-order valence-corrected chi connectivity index (χ3v) is 8.93. The largest absolute Gasteiger partial charge is 0.493 e. The van der Waals surface area contributed by atoms with Crippen LogP contribution in [0.15, 0.2) is 84.9 Å². The van der Waals surface area contributed by atoms with E-state index in [1.165, 1.54) is 7.11 Å². The summed E-state index contributed by atoms with van der Waals surface area (Å²) in [6.45, 7) is 16.1. The molecule has 2 heterocycles. The average Bonchev–Trinajstić information content (AvgIpc) is 3.24. The van der Waals surface area contributed by atoms with E-state index in [0.29, 0.717) is 53.0 Å². The number of hydrogen-bond acceptors (Lipinski definition) is 10. The first-order valence-corrected chi connectivity index (χ1v) is 18.2. The Morgan fingerprint density at radius 2 is 1.04 bits per heavy atom. The Labute approximate surface area is 331 Å². The molecule has 4 aromatic rings. The summed E-state index contributed by atoms with van der Waals surface area (Å²) in [5.74, 6) is 2.58. The summed E-state index contributed by atoms with van der Waals surface area (Å²) in [4.78, 5) is 6.76. The molecule has 0 radical (unpaired) electrons. The standard InChI is InChI=1S/C21H24BNO5.C20H22BNO5.CH4/c1-23-17-7-9-18(10-8-17)28-19-11-12-20(22(24-2)25-3)16(14-19)15-27-21-6-4-5-13-26-21;1-22-16-6-8-17(9-7-16)27-18-10-11-19(21(23)24-2)15(13-18)14-26-20-5-3-4-12-25-20;/h7-12,14,21H,4-6,13,15H2,2-3H3;6-11,13,20,23H,3-5,12,14H2,2H3;1H4. The second-order valence-corrected chi connectivity index (χ2v) is 12.7. The first-order valence-electron chi connectivity index (χ1n) is 18.2. The van der Waals surface area contributed by atoms with Gasteiger partial charge in [0.2, 0.25) is 0 Å². The van der Waals surface area contributed by atoms with Crippen LogP contribution >= 0.6 is 0 Å². The lowest BCUT2D eigenvalue weighted by Gasteiger charge is -2.24. The fourth-order valence-electron chi connectivity index (χ4n) is 5.99. The molecule has 294 valence electrons. The van der Waals surface area contributed by atoms with Crippen LogP contribution in [0.5, 0.6) is 23.0 Å². The van der Waals surface area contributed by atoms with Crippen molar-refractivity contribution < 1.29 is 47.4 Å². The number of ether oxygens (including phenoxy) is 6. The Morgan fingerprint density at radius 3 is 1.43 bits per heavy atom. The molecule has 2 saturated heterocycles. The molecule has 56 heavy (non-hydrogen) atoms. The van der Waals surface area contributed by atoms with Gasteiger partial charge in [0.1, 0.15) is 23.0 Å². The van der Waals surface area contributed by atoms with E-state index < -0.39 is 14.2 Å².